The Morgan fingerprint density at radius 1 is 1.50 bits per heavy atom. The first-order valence-corrected chi connectivity index (χ1v) is 8.27. The Morgan fingerprint density at radius 2 is 2.35 bits per heavy atom. The van der Waals surface area contributed by atoms with Crippen LogP contribution in [0.4, 0.5) is 0 Å². The highest BCUT2D eigenvalue weighted by atomic mass is 79.9. The highest BCUT2D eigenvalue weighted by molar-refractivity contribution is 9.10. The van der Waals surface area contributed by atoms with Gasteiger partial charge >= 0.3 is 0 Å². The van der Waals surface area contributed by atoms with Crippen LogP contribution in [0.25, 0.3) is 0 Å². The van der Waals surface area contributed by atoms with E-state index in [0.29, 0.717) is 12.7 Å². The summed E-state index contributed by atoms with van der Waals surface area (Å²) >= 11 is 3.58. The maximum absolute atomic E-state index is 6.06. The quantitative estimate of drug-likeness (QED) is 0.822. The van der Waals surface area contributed by atoms with Gasteiger partial charge in [0.05, 0.1) is 17.2 Å². The van der Waals surface area contributed by atoms with Gasteiger partial charge in [0, 0.05) is 19.1 Å². The molecule has 1 heterocycles. The van der Waals surface area contributed by atoms with Crippen molar-refractivity contribution in [3.8, 4) is 5.75 Å². The smallest absolute Gasteiger partial charge is 0.136 e. The molecule has 0 amide bonds. The van der Waals surface area contributed by atoms with Crippen LogP contribution in [-0.4, -0.2) is 25.4 Å². The van der Waals surface area contributed by atoms with E-state index in [0.717, 1.165) is 42.5 Å². The molecular formula is C16H24BrNO2. The fourth-order valence-corrected chi connectivity index (χ4v) is 2.99. The van der Waals surface area contributed by atoms with Gasteiger partial charge in [0.1, 0.15) is 5.75 Å². The van der Waals surface area contributed by atoms with E-state index in [4.69, 9.17) is 15.2 Å². The second-order valence-electron chi connectivity index (χ2n) is 5.37. The lowest BCUT2D eigenvalue weighted by Gasteiger charge is -2.17. The first-order chi connectivity index (χ1) is 9.70. The third-order valence-corrected chi connectivity index (χ3v) is 4.39. The van der Waals surface area contributed by atoms with Crippen molar-refractivity contribution in [1.29, 1.82) is 0 Å². The normalized spacial score (nSPS) is 20.1. The molecule has 0 saturated carbocycles. The lowest BCUT2D eigenvalue weighted by atomic mass is 10.0. The molecule has 112 valence electrons. The molecule has 20 heavy (non-hydrogen) atoms. The van der Waals surface area contributed by atoms with Gasteiger partial charge in [-0.2, -0.15) is 0 Å². The molecule has 2 rings (SSSR count). The Balaban J connectivity index is 1.94. The maximum Gasteiger partial charge on any atom is 0.136 e. The molecule has 0 aromatic heterocycles. The summed E-state index contributed by atoms with van der Waals surface area (Å²) in [7, 11) is 0. The van der Waals surface area contributed by atoms with Crippen LogP contribution in [0.15, 0.2) is 22.7 Å². The Kier molecular flexibility index (Phi) is 6.33. The molecule has 0 radical (unpaired) electrons. The summed E-state index contributed by atoms with van der Waals surface area (Å²) in [6, 6.07) is 6.34. The Morgan fingerprint density at radius 3 is 3.05 bits per heavy atom. The Hall–Kier alpha value is -0.580. The molecule has 0 spiro atoms. The van der Waals surface area contributed by atoms with E-state index in [2.05, 4.69) is 28.9 Å². The predicted molar refractivity (Wildman–Crippen MR) is 85.2 cm³/mol. The van der Waals surface area contributed by atoms with Gasteiger partial charge in [0.15, 0.2) is 0 Å². The lowest BCUT2D eigenvalue weighted by molar-refractivity contribution is 0.0901. The van der Waals surface area contributed by atoms with Crippen molar-refractivity contribution in [2.24, 2.45) is 5.73 Å². The molecule has 2 atom stereocenters. The number of para-hydroxylation sites is 1. The summed E-state index contributed by atoms with van der Waals surface area (Å²) in [5, 5.41) is 0. The number of nitrogens with two attached hydrogens (primary N) is 1. The number of ether oxygens (including phenoxy) is 2. The zero-order valence-electron chi connectivity index (χ0n) is 12.1. The topological polar surface area (TPSA) is 44.5 Å². The summed E-state index contributed by atoms with van der Waals surface area (Å²) in [4.78, 5) is 0. The van der Waals surface area contributed by atoms with Gasteiger partial charge < -0.3 is 15.2 Å². The third-order valence-electron chi connectivity index (χ3n) is 3.77. The highest BCUT2D eigenvalue weighted by Crippen LogP contribution is 2.30. The van der Waals surface area contributed by atoms with Gasteiger partial charge in [-0.15, -0.1) is 0 Å². The molecule has 1 aliphatic rings. The molecule has 4 heteroatoms. The molecule has 0 aliphatic carbocycles. The average Bonchev–Trinajstić information content (AvgIpc) is 2.95. The van der Waals surface area contributed by atoms with E-state index in [-0.39, 0.29) is 6.04 Å². The molecule has 1 aliphatic heterocycles. The van der Waals surface area contributed by atoms with Crippen molar-refractivity contribution in [3.63, 3.8) is 0 Å². The zero-order chi connectivity index (χ0) is 14.4. The molecule has 0 bridgehead atoms. The second kappa shape index (κ2) is 8.01. The van der Waals surface area contributed by atoms with Crippen LogP contribution in [0.2, 0.25) is 0 Å². The van der Waals surface area contributed by atoms with E-state index in [1.165, 1.54) is 12.0 Å². The van der Waals surface area contributed by atoms with E-state index in [9.17, 15) is 0 Å². The zero-order valence-corrected chi connectivity index (χ0v) is 13.7. The number of hydrogen-bond acceptors (Lipinski definition) is 3. The van der Waals surface area contributed by atoms with Crippen LogP contribution < -0.4 is 10.5 Å². The van der Waals surface area contributed by atoms with Crippen molar-refractivity contribution >= 4 is 15.9 Å². The minimum atomic E-state index is 0.185. The van der Waals surface area contributed by atoms with Gasteiger partial charge in [-0.25, -0.2) is 0 Å². The molecule has 1 aromatic rings. The number of halogens is 1. The van der Waals surface area contributed by atoms with E-state index in [1.54, 1.807) is 0 Å². The minimum Gasteiger partial charge on any atom is -0.492 e. The molecular weight excluding hydrogens is 318 g/mol. The fourth-order valence-electron chi connectivity index (χ4n) is 2.47. The van der Waals surface area contributed by atoms with Crippen molar-refractivity contribution in [1.82, 2.24) is 0 Å². The van der Waals surface area contributed by atoms with Crippen LogP contribution in [-0.2, 0) is 11.2 Å². The van der Waals surface area contributed by atoms with Gasteiger partial charge in [-0.1, -0.05) is 19.1 Å². The van der Waals surface area contributed by atoms with Crippen LogP contribution >= 0.6 is 15.9 Å². The van der Waals surface area contributed by atoms with Gasteiger partial charge in [0.2, 0.25) is 0 Å². The molecule has 3 nitrogen and oxygen atoms in total. The van der Waals surface area contributed by atoms with E-state index >= 15 is 0 Å². The molecule has 2 unspecified atom stereocenters. The van der Waals surface area contributed by atoms with Crippen LogP contribution in [0.5, 0.6) is 5.75 Å². The van der Waals surface area contributed by atoms with E-state index in [1.807, 2.05) is 12.1 Å². The Labute approximate surface area is 130 Å². The molecule has 1 saturated heterocycles. The standard InChI is InChI=1S/C16H24BrNO2/c1-2-13(18)11-12-5-3-7-15(17)16(12)20-10-8-14-6-4-9-19-14/h3,5,7,13-14H,2,4,6,8-11,18H2,1H3. The fraction of sp³-hybridized carbons (Fsp3) is 0.625. The third kappa shape index (κ3) is 4.47. The summed E-state index contributed by atoms with van der Waals surface area (Å²) in [6.45, 7) is 3.71. The summed E-state index contributed by atoms with van der Waals surface area (Å²) < 4.78 is 12.6. The lowest BCUT2D eigenvalue weighted by Crippen LogP contribution is -2.22. The first-order valence-electron chi connectivity index (χ1n) is 7.48. The van der Waals surface area contributed by atoms with Crippen LogP contribution in [0.1, 0.15) is 38.2 Å². The minimum absolute atomic E-state index is 0.185. The summed E-state index contributed by atoms with van der Waals surface area (Å²) in [5.74, 6) is 0.939. The maximum atomic E-state index is 6.06. The van der Waals surface area contributed by atoms with Gasteiger partial charge in [-0.3, -0.25) is 0 Å². The average molecular weight is 342 g/mol. The van der Waals surface area contributed by atoms with Crippen LogP contribution in [0, 0.1) is 0 Å². The summed E-state index contributed by atoms with van der Waals surface area (Å²) in [5.41, 5.74) is 7.24. The largest absolute Gasteiger partial charge is 0.492 e. The SMILES string of the molecule is CCC(N)Cc1cccc(Br)c1OCCC1CCCO1. The van der Waals surface area contributed by atoms with Crippen molar-refractivity contribution in [2.75, 3.05) is 13.2 Å². The first kappa shape index (κ1) is 15.8. The Bertz CT molecular complexity index is 419. The molecule has 2 N–H and O–H groups in total. The number of rotatable bonds is 7. The van der Waals surface area contributed by atoms with Crippen molar-refractivity contribution in [3.05, 3.63) is 28.2 Å². The molecule has 1 aromatic carbocycles. The second-order valence-corrected chi connectivity index (χ2v) is 6.23. The predicted octanol–water partition coefficient (Wildman–Crippen LogP) is 3.68. The highest BCUT2D eigenvalue weighted by Gasteiger charge is 2.16. The number of benzene rings is 1. The van der Waals surface area contributed by atoms with Gasteiger partial charge in [-0.05, 0) is 53.2 Å². The number of hydrogen-bond donors (Lipinski definition) is 1. The van der Waals surface area contributed by atoms with E-state index < -0.39 is 0 Å². The summed E-state index contributed by atoms with van der Waals surface area (Å²) in [6.07, 6.45) is 5.50. The van der Waals surface area contributed by atoms with Crippen molar-refractivity contribution < 1.29 is 9.47 Å². The van der Waals surface area contributed by atoms with Gasteiger partial charge in [0.25, 0.3) is 0 Å². The van der Waals surface area contributed by atoms with Crippen molar-refractivity contribution in [2.45, 2.75) is 51.2 Å². The van der Waals surface area contributed by atoms with Crippen LogP contribution in [0.3, 0.4) is 0 Å². The monoisotopic (exact) mass is 341 g/mol. The molecule has 1 fully saturated rings.